The highest BCUT2D eigenvalue weighted by molar-refractivity contribution is 7.19. The van der Waals surface area contributed by atoms with Crippen molar-refractivity contribution in [3.63, 3.8) is 0 Å². The van der Waals surface area contributed by atoms with E-state index in [9.17, 15) is 9.90 Å². The highest BCUT2D eigenvalue weighted by atomic mass is 31.0. The van der Waals surface area contributed by atoms with Crippen LogP contribution in [-0.2, 0) is 26.1 Å². The molecule has 187 valence electrons. The zero-order chi connectivity index (χ0) is 25.1. The molecule has 2 N–H and O–H groups in total. The number of aliphatic hydroxyl groups is 1. The molecule has 2 aliphatic carbocycles. The van der Waals surface area contributed by atoms with Crippen molar-refractivity contribution in [2.24, 2.45) is 5.41 Å². The second kappa shape index (κ2) is 8.85. The van der Waals surface area contributed by atoms with Gasteiger partial charge in [0.25, 0.3) is 5.91 Å². The van der Waals surface area contributed by atoms with Gasteiger partial charge < -0.3 is 14.5 Å². The molecule has 3 unspecified atom stereocenters. The van der Waals surface area contributed by atoms with Crippen molar-refractivity contribution in [1.29, 1.82) is 0 Å². The number of carbonyl (C=O) groups excluding carboxylic acids is 1. The summed E-state index contributed by atoms with van der Waals surface area (Å²) < 4.78 is 11.9. The van der Waals surface area contributed by atoms with Crippen molar-refractivity contribution in [3.8, 4) is 0 Å². The standard InChI is InChI=1S/C26H41BN2O4P/c1-16(2)29-21(30)26(28-22(29)31)20-14-18(27-33-23(3,4)24(5,6)34)9-8-17(20)15-25(26)12-10-19(32-7)11-13-25/h8-9,14,16,19,22,28,31H,10-13,15,34H2,1-7H3. The van der Waals surface area contributed by atoms with Crippen LogP contribution in [0.25, 0.3) is 0 Å². The maximum atomic E-state index is 14.2. The summed E-state index contributed by atoms with van der Waals surface area (Å²) in [5, 5.41) is 14.3. The largest absolute Gasteiger partial charge is 0.429 e. The van der Waals surface area contributed by atoms with Crippen LogP contribution in [0.4, 0.5) is 0 Å². The van der Waals surface area contributed by atoms with Gasteiger partial charge in [0, 0.05) is 23.7 Å². The average Bonchev–Trinajstić information content (AvgIpc) is 3.18. The Bertz CT molecular complexity index is 939. The average molecular weight is 487 g/mol. The third kappa shape index (κ3) is 3.96. The first-order chi connectivity index (χ1) is 15.8. The number of nitrogens with zero attached hydrogens (tertiary/aromatic N) is 1. The molecule has 1 radical (unpaired) electrons. The zero-order valence-electron chi connectivity index (χ0n) is 21.8. The lowest BCUT2D eigenvalue weighted by atomic mass is 9.61. The Balaban J connectivity index is 1.74. The van der Waals surface area contributed by atoms with Gasteiger partial charge in [-0.15, -0.1) is 9.24 Å². The van der Waals surface area contributed by atoms with E-state index in [0.29, 0.717) is 0 Å². The van der Waals surface area contributed by atoms with E-state index < -0.39 is 11.9 Å². The van der Waals surface area contributed by atoms with Crippen LogP contribution < -0.4 is 10.8 Å². The van der Waals surface area contributed by atoms with Crippen LogP contribution in [-0.4, -0.2) is 59.8 Å². The number of fused-ring (bicyclic) bond motifs is 3. The molecule has 1 heterocycles. The number of methoxy groups -OCH3 is 1. The van der Waals surface area contributed by atoms with Crippen molar-refractivity contribution >= 4 is 28.1 Å². The molecule has 1 amide bonds. The topological polar surface area (TPSA) is 71.0 Å². The second-order valence-corrected chi connectivity index (χ2v) is 13.3. The smallest absolute Gasteiger partial charge is 0.330 e. The third-order valence-corrected chi connectivity index (χ3v) is 9.54. The normalized spacial score (nSPS) is 31.7. The molecule has 1 aromatic rings. The van der Waals surface area contributed by atoms with Gasteiger partial charge in [-0.05, 0) is 70.9 Å². The fourth-order valence-electron chi connectivity index (χ4n) is 5.97. The maximum Gasteiger partial charge on any atom is 0.330 e. The Labute approximate surface area is 208 Å². The van der Waals surface area contributed by atoms with Crippen LogP contribution in [0, 0.1) is 5.41 Å². The van der Waals surface area contributed by atoms with Gasteiger partial charge in [0.15, 0.2) is 6.35 Å². The highest BCUT2D eigenvalue weighted by Gasteiger charge is 2.67. The first-order valence-electron chi connectivity index (χ1n) is 12.5. The monoisotopic (exact) mass is 487 g/mol. The van der Waals surface area contributed by atoms with E-state index in [0.717, 1.165) is 43.1 Å². The Morgan fingerprint density at radius 1 is 1.24 bits per heavy atom. The molecule has 1 aromatic carbocycles. The summed E-state index contributed by atoms with van der Waals surface area (Å²) in [6, 6.07) is 6.21. The van der Waals surface area contributed by atoms with Gasteiger partial charge in [-0.25, -0.2) is 0 Å². The number of nitrogens with one attached hydrogen (secondary N) is 1. The van der Waals surface area contributed by atoms with E-state index >= 15 is 0 Å². The van der Waals surface area contributed by atoms with Crippen LogP contribution in [0.15, 0.2) is 18.2 Å². The summed E-state index contributed by atoms with van der Waals surface area (Å²) in [6.07, 6.45) is 3.63. The van der Waals surface area contributed by atoms with Crippen LogP contribution in [0.3, 0.4) is 0 Å². The Morgan fingerprint density at radius 2 is 1.88 bits per heavy atom. The van der Waals surface area contributed by atoms with Gasteiger partial charge in [-0.3, -0.25) is 15.0 Å². The Kier molecular flexibility index (Phi) is 6.79. The van der Waals surface area contributed by atoms with Gasteiger partial charge in [-0.1, -0.05) is 37.5 Å². The number of aliphatic hydroxyl groups excluding tert-OH is 1. The van der Waals surface area contributed by atoms with E-state index in [1.807, 2.05) is 21.3 Å². The van der Waals surface area contributed by atoms with Crippen molar-refractivity contribution in [1.82, 2.24) is 10.2 Å². The number of carbonyl (C=O) groups is 1. The Hall–Kier alpha value is -0.975. The number of hydrogen-bond acceptors (Lipinski definition) is 5. The first-order valence-corrected chi connectivity index (χ1v) is 13.1. The van der Waals surface area contributed by atoms with Crippen LogP contribution in [0.1, 0.15) is 78.4 Å². The summed E-state index contributed by atoms with van der Waals surface area (Å²) in [5.74, 6) is -0.0193. The minimum absolute atomic E-state index is 0.0193. The van der Waals surface area contributed by atoms with Gasteiger partial charge in [0.05, 0.1) is 11.7 Å². The van der Waals surface area contributed by atoms with Crippen molar-refractivity contribution in [2.45, 2.75) is 108 Å². The molecule has 2 spiro atoms. The summed E-state index contributed by atoms with van der Waals surface area (Å²) >= 11 is 0. The van der Waals surface area contributed by atoms with Crippen LogP contribution in [0.2, 0.25) is 0 Å². The summed E-state index contributed by atoms with van der Waals surface area (Å²) in [6.45, 7) is 12.3. The lowest BCUT2D eigenvalue weighted by Gasteiger charge is -2.46. The number of amides is 1. The molecule has 3 aliphatic rings. The van der Waals surface area contributed by atoms with E-state index in [1.54, 1.807) is 12.0 Å². The Morgan fingerprint density at radius 3 is 2.41 bits per heavy atom. The molecule has 3 atom stereocenters. The summed E-state index contributed by atoms with van der Waals surface area (Å²) in [7, 11) is 6.44. The van der Waals surface area contributed by atoms with E-state index in [4.69, 9.17) is 9.39 Å². The fraction of sp³-hybridized carbons (Fsp3) is 0.731. The predicted octanol–water partition coefficient (Wildman–Crippen LogP) is 2.82. The van der Waals surface area contributed by atoms with Gasteiger partial charge in [0.2, 0.25) is 0 Å². The third-order valence-electron chi connectivity index (χ3n) is 8.85. The maximum absolute atomic E-state index is 14.2. The van der Waals surface area contributed by atoms with E-state index in [2.05, 4.69) is 60.5 Å². The lowest BCUT2D eigenvalue weighted by Crippen LogP contribution is -2.57. The summed E-state index contributed by atoms with van der Waals surface area (Å²) in [4.78, 5) is 15.8. The van der Waals surface area contributed by atoms with Crippen molar-refractivity contribution in [3.05, 3.63) is 29.3 Å². The second-order valence-electron chi connectivity index (χ2n) is 11.9. The van der Waals surface area contributed by atoms with E-state index in [1.165, 1.54) is 5.56 Å². The molecule has 8 heteroatoms. The lowest BCUT2D eigenvalue weighted by molar-refractivity contribution is -0.143. The van der Waals surface area contributed by atoms with Crippen LogP contribution >= 0.6 is 9.24 Å². The molecule has 2 fully saturated rings. The van der Waals surface area contributed by atoms with Gasteiger partial charge in [0.1, 0.15) is 5.54 Å². The molecular weight excluding hydrogens is 446 g/mol. The molecular formula is C26H41BN2O4P. The zero-order valence-corrected chi connectivity index (χ0v) is 22.9. The predicted molar refractivity (Wildman–Crippen MR) is 139 cm³/mol. The molecule has 6 nitrogen and oxygen atoms in total. The van der Waals surface area contributed by atoms with Gasteiger partial charge >= 0.3 is 7.48 Å². The number of rotatable bonds is 6. The minimum atomic E-state index is -1.00. The molecule has 1 saturated heterocycles. The summed E-state index contributed by atoms with van der Waals surface area (Å²) in [5.41, 5.74) is 1.47. The van der Waals surface area contributed by atoms with Crippen molar-refractivity contribution in [2.75, 3.05) is 7.11 Å². The molecule has 4 rings (SSSR count). The number of ether oxygens (including phenoxy) is 1. The molecule has 0 aromatic heterocycles. The SMILES string of the molecule is COC1CCC2(CC1)Cc1ccc([B]OC(C)(C)C(C)(C)P)cc1C21NC(O)N(C(C)C)C1=O. The number of benzene rings is 1. The highest BCUT2D eigenvalue weighted by Crippen LogP contribution is 2.60. The molecule has 34 heavy (non-hydrogen) atoms. The first kappa shape index (κ1) is 26.1. The van der Waals surface area contributed by atoms with Gasteiger partial charge in [-0.2, -0.15) is 0 Å². The molecule has 0 bridgehead atoms. The molecule has 1 aliphatic heterocycles. The fourth-order valence-corrected chi connectivity index (χ4v) is 6.04. The quantitative estimate of drug-likeness (QED) is 0.477. The minimum Gasteiger partial charge on any atom is -0.429 e. The molecule has 1 saturated carbocycles. The van der Waals surface area contributed by atoms with E-state index in [-0.39, 0.29) is 34.2 Å². The van der Waals surface area contributed by atoms with Crippen molar-refractivity contribution < 1.29 is 19.3 Å². The van der Waals surface area contributed by atoms with Crippen LogP contribution in [0.5, 0.6) is 0 Å². The number of hydrogen-bond donors (Lipinski definition) is 2.